The second-order valence-electron chi connectivity index (χ2n) is 12.0. The topological polar surface area (TPSA) is 106 Å². The van der Waals surface area contributed by atoms with Crippen molar-refractivity contribution in [3.63, 3.8) is 0 Å². The Bertz CT molecular complexity index is 1470. The summed E-state index contributed by atoms with van der Waals surface area (Å²) in [4.78, 5) is 36.6. The van der Waals surface area contributed by atoms with Gasteiger partial charge in [0.05, 0.1) is 29.7 Å². The van der Waals surface area contributed by atoms with Gasteiger partial charge in [-0.15, -0.1) is 0 Å². The number of carbonyl (C=O) groups is 2. The van der Waals surface area contributed by atoms with E-state index in [-0.39, 0.29) is 19.0 Å². The maximum absolute atomic E-state index is 14.8. The number of fused-ring (bicyclic) bond motifs is 2. The minimum Gasteiger partial charge on any atom is -0.387 e. The summed E-state index contributed by atoms with van der Waals surface area (Å²) in [6.45, 7) is 5.61. The van der Waals surface area contributed by atoms with Gasteiger partial charge in [0.15, 0.2) is 5.65 Å². The minimum absolute atomic E-state index is 0.165. The molecule has 4 heterocycles. The number of carbonyl (C=O) groups excluding carboxylic acids is 2. The highest BCUT2D eigenvalue weighted by Gasteiger charge is 2.40. The van der Waals surface area contributed by atoms with Gasteiger partial charge in [-0.3, -0.25) is 14.5 Å². The molecule has 2 aliphatic heterocycles. The smallest absolute Gasteiger partial charge is 0.261 e. The highest BCUT2D eigenvalue weighted by Crippen LogP contribution is 2.38. The van der Waals surface area contributed by atoms with E-state index in [2.05, 4.69) is 25.2 Å². The normalized spacial score (nSPS) is 19.8. The molecule has 3 aromatic rings. The number of alkyl halides is 2. The third-order valence-corrected chi connectivity index (χ3v) is 8.49. The lowest BCUT2D eigenvalue weighted by Crippen LogP contribution is -2.52. The molecule has 1 aliphatic carbocycles. The van der Waals surface area contributed by atoms with Crippen LogP contribution in [0.2, 0.25) is 0 Å². The van der Waals surface area contributed by atoms with Crippen LogP contribution in [0.1, 0.15) is 59.4 Å². The first kappa shape index (κ1) is 27.5. The van der Waals surface area contributed by atoms with Crippen molar-refractivity contribution in [3.05, 3.63) is 53.5 Å². The third kappa shape index (κ3) is 5.38. The number of aromatic nitrogens is 3. The number of anilines is 2. The average molecular weight is 568 g/mol. The molecule has 0 unspecified atom stereocenters. The lowest BCUT2D eigenvalue weighted by Gasteiger charge is -2.42. The standard InChI is InChI=1S/C29H35F2N7O3/c1-28(2,41)24(30)17-37-16-19-13-22(34-26(39)21-15-33-38-8-4-7-32-25(21)38)23(14-20(19)27(37)40)36-11-9-35(10-12-36)18-29(31)5-3-6-29/h4,7-8,13-15,24,41H,3,5-6,9-12,16-18H2,1-2H3,(H,34,39)/t24-/m1/s1. The van der Waals surface area contributed by atoms with E-state index in [1.54, 1.807) is 30.6 Å². The molecule has 10 nitrogen and oxygen atoms in total. The number of nitrogens with zero attached hydrogens (tertiary/aromatic N) is 6. The Morgan fingerprint density at radius 3 is 2.66 bits per heavy atom. The number of hydrogen-bond donors (Lipinski definition) is 2. The van der Waals surface area contributed by atoms with Gasteiger partial charge in [-0.2, -0.15) is 5.10 Å². The summed E-state index contributed by atoms with van der Waals surface area (Å²) in [5.74, 6) is -0.712. The lowest BCUT2D eigenvalue weighted by molar-refractivity contribution is -0.0159. The number of rotatable bonds is 8. The van der Waals surface area contributed by atoms with Gasteiger partial charge in [0.2, 0.25) is 0 Å². The molecule has 0 radical (unpaired) electrons. The molecule has 2 amide bonds. The van der Waals surface area contributed by atoms with Crippen LogP contribution in [-0.2, 0) is 6.54 Å². The molecular weight excluding hydrogens is 532 g/mol. The molecular formula is C29H35F2N7O3. The summed E-state index contributed by atoms with van der Waals surface area (Å²) in [6, 6.07) is 5.25. The van der Waals surface area contributed by atoms with Gasteiger partial charge in [-0.1, -0.05) is 0 Å². The van der Waals surface area contributed by atoms with Gasteiger partial charge < -0.3 is 20.2 Å². The molecule has 218 valence electrons. The fourth-order valence-electron chi connectivity index (χ4n) is 5.78. The molecule has 1 aromatic carbocycles. The number of piperazine rings is 1. The first-order valence-electron chi connectivity index (χ1n) is 14.1. The highest BCUT2D eigenvalue weighted by atomic mass is 19.1. The van der Waals surface area contributed by atoms with Crippen LogP contribution in [0.5, 0.6) is 0 Å². The Labute approximate surface area is 236 Å². The second kappa shape index (κ2) is 10.3. The third-order valence-electron chi connectivity index (χ3n) is 8.49. The molecule has 41 heavy (non-hydrogen) atoms. The van der Waals surface area contributed by atoms with E-state index in [1.165, 1.54) is 29.5 Å². The van der Waals surface area contributed by atoms with Crippen molar-refractivity contribution in [2.24, 2.45) is 0 Å². The Kier molecular flexibility index (Phi) is 6.93. The average Bonchev–Trinajstić information content (AvgIpc) is 3.48. The van der Waals surface area contributed by atoms with Gasteiger partial charge in [-0.25, -0.2) is 18.3 Å². The van der Waals surface area contributed by atoms with Crippen molar-refractivity contribution in [1.29, 1.82) is 0 Å². The van der Waals surface area contributed by atoms with E-state index in [0.29, 0.717) is 79.3 Å². The molecule has 2 fully saturated rings. The molecule has 12 heteroatoms. The van der Waals surface area contributed by atoms with Crippen LogP contribution in [0.15, 0.2) is 36.8 Å². The maximum Gasteiger partial charge on any atom is 0.261 e. The van der Waals surface area contributed by atoms with Crippen LogP contribution in [0.3, 0.4) is 0 Å². The molecule has 3 aliphatic rings. The van der Waals surface area contributed by atoms with Gasteiger partial charge >= 0.3 is 0 Å². The summed E-state index contributed by atoms with van der Waals surface area (Å²) < 4.78 is 31.0. The van der Waals surface area contributed by atoms with Crippen LogP contribution < -0.4 is 10.2 Å². The number of aliphatic hydroxyl groups is 1. The Balaban J connectivity index is 1.27. The molecule has 2 aromatic heterocycles. The molecule has 1 saturated carbocycles. The van der Waals surface area contributed by atoms with E-state index < -0.39 is 23.3 Å². The van der Waals surface area contributed by atoms with E-state index in [9.17, 15) is 23.5 Å². The summed E-state index contributed by atoms with van der Waals surface area (Å²) in [5.41, 5.74) is 0.347. The Morgan fingerprint density at radius 1 is 1.22 bits per heavy atom. The van der Waals surface area contributed by atoms with Crippen molar-refractivity contribution in [3.8, 4) is 0 Å². The largest absolute Gasteiger partial charge is 0.387 e. The fourth-order valence-corrected chi connectivity index (χ4v) is 5.78. The van der Waals surface area contributed by atoms with Crippen LogP contribution in [0.4, 0.5) is 20.2 Å². The SMILES string of the molecule is CC(C)(O)[C@H](F)CN1Cc2cc(NC(=O)c3cnn4cccnc34)c(N3CCN(CC4(F)CCC4)CC3)cc2C1=O. The summed E-state index contributed by atoms with van der Waals surface area (Å²) in [6.07, 6.45) is 5.28. The van der Waals surface area contributed by atoms with Crippen LogP contribution in [0, 0.1) is 0 Å². The monoisotopic (exact) mass is 567 g/mol. The maximum atomic E-state index is 14.8. The predicted molar refractivity (Wildman–Crippen MR) is 150 cm³/mol. The fraction of sp³-hybridized carbons (Fsp3) is 0.517. The van der Waals surface area contributed by atoms with Crippen molar-refractivity contribution >= 4 is 28.8 Å². The summed E-state index contributed by atoms with van der Waals surface area (Å²) >= 11 is 0. The van der Waals surface area contributed by atoms with E-state index in [1.807, 2.05) is 0 Å². The summed E-state index contributed by atoms with van der Waals surface area (Å²) in [5, 5.41) is 17.3. The molecule has 1 saturated heterocycles. The first-order chi connectivity index (χ1) is 19.5. The molecule has 1 atom stereocenters. The minimum atomic E-state index is -1.62. The Morgan fingerprint density at radius 2 is 1.98 bits per heavy atom. The van der Waals surface area contributed by atoms with Gasteiger partial charge in [-0.05, 0) is 56.9 Å². The summed E-state index contributed by atoms with van der Waals surface area (Å²) in [7, 11) is 0. The molecule has 2 N–H and O–H groups in total. The van der Waals surface area contributed by atoms with Gasteiger partial charge in [0.25, 0.3) is 11.8 Å². The second-order valence-corrected chi connectivity index (χ2v) is 12.0. The van der Waals surface area contributed by atoms with Gasteiger partial charge in [0.1, 0.15) is 17.4 Å². The number of halogens is 2. The van der Waals surface area contributed by atoms with Crippen molar-refractivity contribution in [1.82, 2.24) is 24.4 Å². The zero-order chi connectivity index (χ0) is 28.9. The number of amides is 2. The quantitative estimate of drug-likeness (QED) is 0.431. The van der Waals surface area contributed by atoms with E-state index in [0.717, 1.165) is 6.42 Å². The van der Waals surface area contributed by atoms with E-state index >= 15 is 0 Å². The number of benzene rings is 1. The zero-order valence-corrected chi connectivity index (χ0v) is 23.3. The predicted octanol–water partition coefficient (Wildman–Crippen LogP) is 3.06. The van der Waals surface area contributed by atoms with Crippen molar-refractivity contribution in [2.45, 2.75) is 57.1 Å². The van der Waals surface area contributed by atoms with Crippen LogP contribution in [0.25, 0.3) is 5.65 Å². The Hall–Kier alpha value is -3.64. The molecule has 0 spiro atoms. The van der Waals surface area contributed by atoms with Crippen molar-refractivity contribution < 1.29 is 23.5 Å². The molecule has 0 bridgehead atoms. The first-order valence-corrected chi connectivity index (χ1v) is 14.1. The van der Waals surface area contributed by atoms with Gasteiger partial charge in [0, 0.05) is 57.2 Å². The highest BCUT2D eigenvalue weighted by molar-refractivity contribution is 6.10. The van der Waals surface area contributed by atoms with Crippen molar-refractivity contribution in [2.75, 3.05) is 49.5 Å². The zero-order valence-electron chi connectivity index (χ0n) is 23.3. The number of nitrogens with one attached hydrogen (secondary N) is 1. The number of hydrogen-bond acceptors (Lipinski definition) is 7. The lowest BCUT2D eigenvalue weighted by atomic mass is 9.81. The van der Waals surface area contributed by atoms with Crippen LogP contribution >= 0.6 is 0 Å². The van der Waals surface area contributed by atoms with E-state index in [4.69, 9.17) is 0 Å². The molecule has 6 rings (SSSR count). The van der Waals surface area contributed by atoms with Crippen LogP contribution in [-0.4, -0.2) is 98.0 Å².